The lowest BCUT2D eigenvalue weighted by molar-refractivity contribution is 0.0526. The molecular weight excluding hydrogens is 294 g/mol. The number of esters is 1. The Morgan fingerprint density at radius 2 is 2.29 bits per heavy atom. The summed E-state index contributed by atoms with van der Waals surface area (Å²) in [6, 6.07) is 3.32. The lowest BCUT2D eigenvalue weighted by Crippen LogP contribution is -2.45. The predicted octanol–water partition coefficient (Wildman–Crippen LogP) is 0.516. The number of nitrogens with two attached hydrogens (primary N) is 1. The lowest BCUT2D eigenvalue weighted by Gasteiger charge is -2.32. The van der Waals surface area contributed by atoms with Crippen LogP contribution in [0.4, 0.5) is 5.82 Å². The molecule has 1 atom stereocenters. The summed E-state index contributed by atoms with van der Waals surface area (Å²) in [6.45, 7) is 3.09. The number of carbonyl (C=O) groups excluding carboxylic acids is 1. The topological polar surface area (TPSA) is 103 Å². The molecule has 8 heteroatoms. The summed E-state index contributed by atoms with van der Waals surface area (Å²) in [5.74, 6) is 0.217. The molecule has 1 aliphatic heterocycles. The van der Waals surface area contributed by atoms with Gasteiger partial charge in [0, 0.05) is 19.3 Å². The second-order valence-corrected chi connectivity index (χ2v) is 6.77. The van der Waals surface area contributed by atoms with E-state index >= 15 is 0 Å². The molecule has 1 saturated heterocycles. The van der Waals surface area contributed by atoms with Crippen molar-refractivity contribution < 1.29 is 17.9 Å². The monoisotopic (exact) mass is 313 g/mol. The molecule has 21 heavy (non-hydrogen) atoms. The van der Waals surface area contributed by atoms with Crippen molar-refractivity contribution >= 4 is 21.8 Å². The van der Waals surface area contributed by atoms with E-state index in [1.54, 1.807) is 19.1 Å². The van der Waals surface area contributed by atoms with Crippen molar-refractivity contribution in [3.63, 3.8) is 0 Å². The number of carbonyl (C=O) groups is 1. The summed E-state index contributed by atoms with van der Waals surface area (Å²) < 4.78 is 27.8. The fraction of sp³-hybridized carbons (Fsp3) is 0.538. The number of hydrogen-bond donors (Lipinski definition) is 1. The van der Waals surface area contributed by atoms with E-state index in [9.17, 15) is 13.2 Å². The molecule has 2 N–H and O–H groups in total. The summed E-state index contributed by atoms with van der Waals surface area (Å²) in [4.78, 5) is 17.6. The summed E-state index contributed by atoms with van der Waals surface area (Å²) in [6.07, 6.45) is 2.74. The normalized spacial score (nSPS) is 19.3. The van der Waals surface area contributed by atoms with Crippen LogP contribution in [0.1, 0.15) is 30.1 Å². The number of primary sulfonamides is 1. The minimum atomic E-state index is -3.54. The van der Waals surface area contributed by atoms with E-state index in [-0.39, 0.29) is 0 Å². The van der Waals surface area contributed by atoms with Crippen LogP contribution in [0, 0.1) is 0 Å². The summed E-state index contributed by atoms with van der Waals surface area (Å²) in [7, 11) is -3.54. The first-order valence-corrected chi connectivity index (χ1v) is 8.42. The predicted molar refractivity (Wildman–Crippen MR) is 78.5 cm³/mol. The van der Waals surface area contributed by atoms with E-state index in [0.717, 1.165) is 13.0 Å². The number of anilines is 1. The van der Waals surface area contributed by atoms with Gasteiger partial charge in [-0.05, 0) is 31.9 Å². The summed E-state index contributed by atoms with van der Waals surface area (Å²) in [5, 5.41) is 4.64. The zero-order valence-corrected chi connectivity index (χ0v) is 12.7. The molecular formula is C13H19N3O4S. The van der Waals surface area contributed by atoms with Crippen LogP contribution < -0.4 is 10.0 Å². The quantitative estimate of drug-likeness (QED) is 0.813. The van der Waals surface area contributed by atoms with Gasteiger partial charge in [0.15, 0.2) is 0 Å². The largest absolute Gasteiger partial charge is 0.462 e. The Kier molecular flexibility index (Phi) is 4.79. The molecule has 0 aromatic carbocycles. The Hall–Kier alpha value is -1.67. The van der Waals surface area contributed by atoms with Crippen LogP contribution in [0.2, 0.25) is 0 Å². The highest BCUT2D eigenvalue weighted by Gasteiger charge is 2.28. The van der Waals surface area contributed by atoms with Crippen molar-refractivity contribution in [3.8, 4) is 0 Å². The van der Waals surface area contributed by atoms with Crippen LogP contribution in [0.5, 0.6) is 0 Å². The molecule has 1 aromatic rings. The molecule has 2 heterocycles. The van der Waals surface area contributed by atoms with Gasteiger partial charge in [-0.3, -0.25) is 0 Å². The molecule has 0 unspecified atom stereocenters. The fourth-order valence-electron chi connectivity index (χ4n) is 2.32. The van der Waals surface area contributed by atoms with E-state index in [4.69, 9.17) is 9.88 Å². The molecule has 7 nitrogen and oxygen atoms in total. The Morgan fingerprint density at radius 1 is 1.52 bits per heavy atom. The SMILES string of the molecule is CCOC(=O)c1ccc(N2CCC[C@H](S(N)(=O)=O)C2)nc1. The van der Waals surface area contributed by atoms with Crippen LogP contribution >= 0.6 is 0 Å². The third-order valence-electron chi connectivity index (χ3n) is 3.43. The Morgan fingerprint density at radius 3 is 2.86 bits per heavy atom. The van der Waals surface area contributed by atoms with Crippen molar-refractivity contribution in [3.05, 3.63) is 23.9 Å². The highest BCUT2D eigenvalue weighted by atomic mass is 32.2. The van der Waals surface area contributed by atoms with Crippen LogP contribution in [-0.2, 0) is 14.8 Å². The number of pyridine rings is 1. The third kappa shape index (κ3) is 3.92. The van der Waals surface area contributed by atoms with Gasteiger partial charge in [0.1, 0.15) is 5.82 Å². The maximum absolute atomic E-state index is 11.5. The standard InChI is InChI=1S/C13H19N3O4S/c1-2-20-13(17)10-5-6-12(15-8-10)16-7-3-4-11(9-16)21(14,18)19/h5-6,8,11H,2-4,7,9H2,1H3,(H2,14,18,19)/t11-/m0/s1. The van der Waals surface area contributed by atoms with Gasteiger partial charge in [0.05, 0.1) is 17.4 Å². The van der Waals surface area contributed by atoms with Gasteiger partial charge in [0.25, 0.3) is 0 Å². The Labute approximate surface area is 124 Å². The van der Waals surface area contributed by atoms with E-state index < -0.39 is 21.2 Å². The first-order chi connectivity index (χ1) is 9.91. The number of ether oxygens (including phenoxy) is 1. The Bertz CT molecular complexity index is 600. The fourth-order valence-corrected chi connectivity index (χ4v) is 3.21. The minimum absolute atomic E-state index is 0.308. The summed E-state index contributed by atoms with van der Waals surface area (Å²) in [5.41, 5.74) is 0.376. The maximum Gasteiger partial charge on any atom is 0.339 e. The third-order valence-corrected chi connectivity index (χ3v) is 4.74. The van der Waals surface area contributed by atoms with E-state index in [2.05, 4.69) is 4.98 Å². The first-order valence-electron chi connectivity index (χ1n) is 6.81. The average Bonchev–Trinajstić information content (AvgIpc) is 2.47. The van der Waals surface area contributed by atoms with E-state index in [1.807, 2.05) is 4.90 Å². The highest BCUT2D eigenvalue weighted by molar-refractivity contribution is 7.89. The zero-order valence-electron chi connectivity index (χ0n) is 11.9. The number of rotatable bonds is 4. The van der Waals surface area contributed by atoms with Gasteiger partial charge in [-0.1, -0.05) is 0 Å². The van der Waals surface area contributed by atoms with Gasteiger partial charge in [-0.25, -0.2) is 23.3 Å². The number of nitrogens with zero attached hydrogens (tertiary/aromatic N) is 2. The second kappa shape index (κ2) is 6.40. The van der Waals surface area contributed by atoms with Crippen LogP contribution in [-0.4, -0.2) is 44.3 Å². The molecule has 0 saturated carbocycles. The first kappa shape index (κ1) is 15.7. The molecule has 0 bridgehead atoms. The molecule has 0 radical (unpaired) electrons. The summed E-state index contributed by atoms with van der Waals surface area (Å²) >= 11 is 0. The van der Waals surface area contributed by atoms with Gasteiger partial charge in [-0.2, -0.15) is 0 Å². The highest BCUT2D eigenvalue weighted by Crippen LogP contribution is 2.21. The molecule has 0 spiro atoms. The number of piperidine rings is 1. The van der Waals surface area contributed by atoms with Crippen LogP contribution in [0.15, 0.2) is 18.3 Å². The van der Waals surface area contributed by atoms with Gasteiger partial charge in [0.2, 0.25) is 10.0 Å². The van der Waals surface area contributed by atoms with Gasteiger partial charge < -0.3 is 9.64 Å². The molecule has 1 aromatic heterocycles. The number of aromatic nitrogens is 1. The van der Waals surface area contributed by atoms with Crippen molar-refractivity contribution in [2.24, 2.45) is 5.14 Å². The van der Waals surface area contributed by atoms with Gasteiger partial charge in [-0.15, -0.1) is 0 Å². The van der Waals surface area contributed by atoms with Gasteiger partial charge >= 0.3 is 5.97 Å². The molecule has 1 fully saturated rings. The molecule has 0 aliphatic carbocycles. The van der Waals surface area contributed by atoms with Crippen molar-refractivity contribution in [1.82, 2.24) is 4.98 Å². The van der Waals surface area contributed by atoms with Crippen LogP contribution in [0.25, 0.3) is 0 Å². The minimum Gasteiger partial charge on any atom is -0.462 e. The van der Waals surface area contributed by atoms with E-state index in [0.29, 0.717) is 31.0 Å². The lowest BCUT2D eigenvalue weighted by atomic mass is 10.1. The smallest absolute Gasteiger partial charge is 0.339 e. The van der Waals surface area contributed by atoms with Crippen molar-refractivity contribution in [2.45, 2.75) is 25.0 Å². The second-order valence-electron chi connectivity index (χ2n) is 4.92. The van der Waals surface area contributed by atoms with Crippen molar-refractivity contribution in [2.75, 3.05) is 24.6 Å². The zero-order chi connectivity index (χ0) is 15.5. The molecule has 1 aliphatic rings. The van der Waals surface area contributed by atoms with E-state index in [1.165, 1.54) is 6.20 Å². The molecule has 116 valence electrons. The molecule has 0 amide bonds. The number of hydrogen-bond acceptors (Lipinski definition) is 6. The molecule has 2 rings (SSSR count). The van der Waals surface area contributed by atoms with Crippen LogP contribution in [0.3, 0.4) is 0 Å². The maximum atomic E-state index is 11.5. The van der Waals surface area contributed by atoms with Crippen molar-refractivity contribution in [1.29, 1.82) is 0 Å². The number of sulfonamides is 1. The Balaban J connectivity index is 2.10. The average molecular weight is 313 g/mol.